The van der Waals surface area contributed by atoms with Crippen LogP contribution in [0.5, 0.6) is 0 Å². The number of hydrogen-bond acceptors (Lipinski definition) is 4. The molecule has 6 heteroatoms. The van der Waals surface area contributed by atoms with Crippen LogP contribution in [0.25, 0.3) is 0 Å². The van der Waals surface area contributed by atoms with E-state index in [1.807, 2.05) is 12.1 Å². The summed E-state index contributed by atoms with van der Waals surface area (Å²) in [6.07, 6.45) is 4.63. The number of sulfonamides is 1. The molecule has 16 heavy (non-hydrogen) atoms. The van der Waals surface area contributed by atoms with Gasteiger partial charge in [0.2, 0.25) is 10.0 Å². The van der Waals surface area contributed by atoms with Crippen LogP contribution in [0.3, 0.4) is 0 Å². The molecule has 5 nitrogen and oxygen atoms in total. The van der Waals surface area contributed by atoms with Gasteiger partial charge in [-0.3, -0.25) is 4.98 Å². The van der Waals surface area contributed by atoms with Crippen molar-refractivity contribution in [3.63, 3.8) is 0 Å². The van der Waals surface area contributed by atoms with Crippen LogP contribution in [0.15, 0.2) is 24.5 Å². The van der Waals surface area contributed by atoms with E-state index in [-0.39, 0.29) is 6.04 Å². The van der Waals surface area contributed by atoms with Gasteiger partial charge in [-0.1, -0.05) is 0 Å². The van der Waals surface area contributed by atoms with Gasteiger partial charge in [-0.15, -0.1) is 0 Å². The van der Waals surface area contributed by atoms with Crippen molar-refractivity contribution in [2.45, 2.75) is 6.04 Å². The van der Waals surface area contributed by atoms with E-state index in [0.29, 0.717) is 19.6 Å². The maximum Gasteiger partial charge on any atom is 0.211 e. The zero-order valence-electron chi connectivity index (χ0n) is 9.13. The molecular weight excluding hydrogens is 226 g/mol. The fourth-order valence-electron chi connectivity index (χ4n) is 1.95. The predicted octanol–water partition coefficient (Wildman–Crippen LogP) is -0.0125. The summed E-state index contributed by atoms with van der Waals surface area (Å²) in [5, 5.41) is 3.21. The first-order valence-electron chi connectivity index (χ1n) is 5.16. The Kier molecular flexibility index (Phi) is 3.22. The van der Waals surface area contributed by atoms with Crippen molar-refractivity contribution in [1.82, 2.24) is 14.6 Å². The highest BCUT2D eigenvalue weighted by molar-refractivity contribution is 7.88. The van der Waals surface area contributed by atoms with Crippen molar-refractivity contribution in [2.24, 2.45) is 0 Å². The average Bonchev–Trinajstić information content (AvgIpc) is 2.29. The van der Waals surface area contributed by atoms with Crippen LogP contribution in [-0.2, 0) is 10.0 Å². The summed E-state index contributed by atoms with van der Waals surface area (Å²) in [6.45, 7) is 1.87. The average molecular weight is 241 g/mol. The normalized spacial score (nSPS) is 23.2. The molecule has 0 aliphatic carbocycles. The van der Waals surface area contributed by atoms with E-state index in [1.165, 1.54) is 6.26 Å². The molecule has 0 bridgehead atoms. The molecule has 1 aliphatic heterocycles. The molecule has 2 rings (SSSR count). The maximum atomic E-state index is 11.7. The number of nitrogens with zero attached hydrogens (tertiary/aromatic N) is 2. The van der Waals surface area contributed by atoms with E-state index in [4.69, 9.17) is 0 Å². The largest absolute Gasteiger partial charge is 0.313 e. The highest BCUT2D eigenvalue weighted by atomic mass is 32.2. The van der Waals surface area contributed by atoms with Crippen molar-refractivity contribution in [3.8, 4) is 0 Å². The molecule has 0 aromatic carbocycles. The second kappa shape index (κ2) is 4.48. The first-order valence-corrected chi connectivity index (χ1v) is 7.01. The molecule has 1 aromatic rings. The molecule has 88 valence electrons. The summed E-state index contributed by atoms with van der Waals surface area (Å²) in [6, 6.07) is 3.60. The molecule has 1 atom stereocenters. The van der Waals surface area contributed by atoms with Gasteiger partial charge in [0.15, 0.2) is 0 Å². The molecule has 2 heterocycles. The Bertz CT molecular complexity index is 446. The molecule has 1 aliphatic rings. The summed E-state index contributed by atoms with van der Waals surface area (Å²) < 4.78 is 24.8. The lowest BCUT2D eigenvalue weighted by Gasteiger charge is -2.34. The summed E-state index contributed by atoms with van der Waals surface area (Å²) in [4.78, 5) is 3.94. The lowest BCUT2D eigenvalue weighted by atomic mass is 10.1. The minimum Gasteiger partial charge on any atom is -0.313 e. The molecule has 1 aromatic heterocycles. The number of pyridine rings is 1. The minimum absolute atomic E-state index is 0.119. The third-order valence-electron chi connectivity index (χ3n) is 2.71. The van der Waals surface area contributed by atoms with E-state index in [1.54, 1.807) is 16.7 Å². The number of hydrogen-bond donors (Lipinski definition) is 1. The van der Waals surface area contributed by atoms with Gasteiger partial charge >= 0.3 is 0 Å². The van der Waals surface area contributed by atoms with Crippen LogP contribution in [0.2, 0.25) is 0 Å². The van der Waals surface area contributed by atoms with Crippen LogP contribution < -0.4 is 5.32 Å². The fraction of sp³-hybridized carbons (Fsp3) is 0.500. The highest BCUT2D eigenvalue weighted by Crippen LogP contribution is 2.23. The fourth-order valence-corrected chi connectivity index (χ4v) is 3.03. The first-order chi connectivity index (χ1) is 7.59. The molecule has 0 amide bonds. The zero-order chi connectivity index (χ0) is 11.6. The Morgan fingerprint density at radius 2 is 2.12 bits per heavy atom. The van der Waals surface area contributed by atoms with Gasteiger partial charge in [0.25, 0.3) is 0 Å². The first kappa shape index (κ1) is 11.5. The number of piperazine rings is 1. The second-order valence-corrected chi connectivity index (χ2v) is 5.81. The standard InChI is InChI=1S/C10H15N3O2S/c1-16(14,15)13-7-6-12-8-10(13)9-2-4-11-5-3-9/h2-5,10,12H,6-8H2,1H3. The topological polar surface area (TPSA) is 62.3 Å². The van der Waals surface area contributed by atoms with Gasteiger partial charge in [0, 0.05) is 32.0 Å². The molecule has 1 saturated heterocycles. The minimum atomic E-state index is -3.15. The van der Waals surface area contributed by atoms with Gasteiger partial charge in [-0.2, -0.15) is 4.31 Å². The van der Waals surface area contributed by atoms with Crippen LogP contribution in [-0.4, -0.2) is 43.6 Å². The zero-order valence-corrected chi connectivity index (χ0v) is 9.94. The van der Waals surface area contributed by atoms with Gasteiger partial charge in [0.1, 0.15) is 0 Å². The molecule has 0 radical (unpaired) electrons. The summed E-state index contributed by atoms with van der Waals surface area (Å²) in [5.41, 5.74) is 0.979. The summed E-state index contributed by atoms with van der Waals surface area (Å²) in [7, 11) is -3.15. The lowest BCUT2D eigenvalue weighted by molar-refractivity contribution is 0.273. The Labute approximate surface area is 95.5 Å². The van der Waals surface area contributed by atoms with E-state index in [9.17, 15) is 8.42 Å². The monoisotopic (exact) mass is 241 g/mol. The number of aromatic nitrogens is 1. The Balaban J connectivity index is 2.31. The predicted molar refractivity (Wildman–Crippen MR) is 61.4 cm³/mol. The van der Waals surface area contributed by atoms with E-state index >= 15 is 0 Å². The molecule has 1 N–H and O–H groups in total. The smallest absolute Gasteiger partial charge is 0.211 e. The molecular formula is C10H15N3O2S. The maximum absolute atomic E-state index is 11.7. The van der Waals surface area contributed by atoms with Crippen molar-refractivity contribution < 1.29 is 8.42 Å². The van der Waals surface area contributed by atoms with Crippen molar-refractivity contribution in [3.05, 3.63) is 30.1 Å². The summed E-state index contributed by atoms with van der Waals surface area (Å²) >= 11 is 0. The van der Waals surface area contributed by atoms with Gasteiger partial charge < -0.3 is 5.32 Å². The van der Waals surface area contributed by atoms with E-state index < -0.39 is 10.0 Å². The van der Waals surface area contributed by atoms with Crippen molar-refractivity contribution >= 4 is 10.0 Å². The lowest BCUT2D eigenvalue weighted by Crippen LogP contribution is -2.48. The number of rotatable bonds is 2. The Morgan fingerprint density at radius 3 is 2.75 bits per heavy atom. The number of nitrogens with one attached hydrogen (secondary N) is 1. The van der Waals surface area contributed by atoms with Gasteiger partial charge in [0.05, 0.1) is 12.3 Å². The Morgan fingerprint density at radius 1 is 1.44 bits per heavy atom. The third-order valence-corrected chi connectivity index (χ3v) is 4.00. The second-order valence-electron chi connectivity index (χ2n) is 3.87. The van der Waals surface area contributed by atoms with Crippen LogP contribution in [0.1, 0.15) is 11.6 Å². The van der Waals surface area contributed by atoms with Gasteiger partial charge in [-0.05, 0) is 17.7 Å². The van der Waals surface area contributed by atoms with Crippen molar-refractivity contribution in [1.29, 1.82) is 0 Å². The Hall–Kier alpha value is -0.980. The van der Waals surface area contributed by atoms with E-state index in [0.717, 1.165) is 5.56 Å². The van der Waals surface area contributed by atoms with Gasteiger partial charge in [-0.25, -0.2) is 8.42 Å². The third kappa shape index (κ3) is 2.40. The van der Waals surface area contributed by atoms with Crippen LogP contribution in [0.4, 0.5) is 0 Å². The SMILES string of the molecule is CS(=O)(=O)N1CCNCC1c1ccncc1. The molecule has 0 spiro atoms. The van der Waals surface area contributed by atoms with E-state index in [2.05, 4.69) is 10.3 Å². The quantitative estimate of drug-likeness (QED) is 0.791. The van der Waals surface area contributed by atoms with Crippen LogP contribution in [0, 0.1) is 0 Å². The van der Waals surface area contributed by atoms with Crippen molar-refractivity contribution in [2.75, 3.05) is 25.9 Å². The molecule has 0 saturated carbocycles. The molecule has 1 fully saturated rings. The molecule has 1 unspecified atom stereocenters. The highest BCUT2D eigenvalue weighted by Gasteiger charge is 2.30. The van der Waals surface area contributed by atoms with Crippen LogP contribution >= 0.6 is 0 Å². The summed E-state index contributed by atoms with van der Waals surface area (Å²) in [5.74, 6) is 0.